The quantitative estimate of drug-likeness (QED) is 0.911. The van der Waals surface area contributed by atoms with Crippen molar-refractivity contribution >= 4 is 21.8 Å². The van der Waals surface area contributed by atoms with E-state index in [-0.39, 0.29) is 11.7 Å². The molecule has 0 aliphatic carbocycles. The van der Waals surface area contributed by atoms with E-state index in [1.807, 2.05) is 4.90 Å². The van der Waals surface area contributed by atoms with E-state index >= 15 is 0 Å². The van der Waals surface area contributed by atoms with Gasteiger partial charge in [0.05, 0.1) is 5.56 Å². The molecule has 0 radical (unpaired) electrons. The number of rotatable bonds is 4. The molecule has 3 nitrogen and oxygen atoms in total. The molecule has 1 heterocycles. The first-order valence-corrected chi connectivity index (χ1v) is 7.86. The Hall–Kier alpha value is -0.940. The Morgan fingerprint density at radius 3 is 2.75 bits per heavy atom. The van der Waals surface area contributed by atoms with Crippen molar-refractivity contribution in [2.75, 3.05) is 26.2 Å². The van der Waals surface area contributed by atoms with E-state index in [2.05, 4.69) is 28.2 Å². The van der Waals surface area contributed by atoms with E-state index < -0.39 is 0 Å². The molecule has 0 saturated carbocycles. The number of benzene rings is 1. The van der Waals surface area contributed by atoms with Gasteiger partial charge in [0.15, 0.2) is 0 Å². The normalized spacial score (nSPS) is 16.4. The van der Waals surface area contributed by atoms with Crippen LogP contribution in [-0.4, -0.2) is 37.0 Å². The van der Waals surface area contributed by atoms with Crippen LogP contribution in [0.5, 0.6) is 0 Å². The van der Waals surface area contributed by atoms with Crippen molar-refractivity contribution in [3.8, 4) is 0 Å². The molecule has 0 unspecified atom stereocenters. The van der Waals surface area contributed by atoms with Crippen LogP contribution < -0.4 is 5.32 Å². The number of likely N-dealkylation sites (tertiary alicyclic amines) is 1. The highest BCUT2D eigenvalue weighted by molar-refractivity contribution is 9.10. The predicted molar refractivity (Wildman–Crippen MR) is 81.3 cm³/mol. The van der Waals surface area contributed by atoms with Gasteiger partial charge in [-0.25, -0.2) is 4.39 Å². The zero-order chi connectivity index (χ0) is 14.5. The van der Waals surface area contributed by atoms with Crippen LogP contribution in [0.3, 0.4) is 0 Å². The average molecular weight is 343 g/mol. The Morgan fingerprint density at radius 1 is 1.45 bits per heavy atom. The second kappa shape index (κ2) is 7.18. The van der Waals surface area contributed by atoms with Crippen LogP contribution in [0.2, 0.25) is 0 Å². The van der Waals surface area contributed by atoms with Gasteiger partial charge in [0.25, 0.3) is 5.91 Å². The molecule has 2 rings (SSSR count). The van der Waals surface area contributed by atoms with Gasteiger partial charge in [-0.1, -0.05) is 6.92 Å². The number of carbonyl (C=O) groups is 1. The standard InChI is InChI=1S/C15H20BrFN2O/c1-2-18-10-11-5-7-19(8-6-11)15(20)13-4-3-12(17)9-14(13)16/h3-4,9,11,18H,2,5-8,10H2,1H3. The molecular formula is C15H20BrFN2O. The summed E-state index contributed by atoms with van der Waals surface area (Å²) in [5.74, 6) is 0.298. The second-order valence-corrected chi connectivity index (χ2v) is 6.02. The van der Waals surface area contributed by atoms with Crippen molar-refractivity contribution in [3.63, 3.8) is 0 Å². The summed E-state index contributed by atoms with van der Waals surface area (Å²) in [7, 11) is 0. The lowest BCUT2D eigenvalue weighted by molar-refractivity contribution is 0.0689. The fourth-order valence-electron chi connectivity index (χ4n) is 2.52. The molecule has 5 heteroatoms. The number of piperidine rings is 1. The number of nitrogens with zero attached hydrogens (tertiary/aromatic N) is 1. The molecule has 20 heavy (non-hydrogen) atoms. The largest absolute Gasteiger partial charge is 0.339 e. The number of halogens is 2. The van der Waals surface area contributed by atoms with Gasteiger partial charge < -0.3 is 10.2 Å². The first-order valence-electron chi connectivity index (χ1n) is 7.07. The van der Waals surface area contributed by atoms with Gasteiger partial charge in [0.2, 0.25) is 0 Å². The highest BCUT2D eigenvalue weighted by Gasteiger charge is 2.24. The van der Waals surface area contributed by atoms with E-state index in [1.54, 1.807) is 6.07 Å². The predicted octanol–water partition coefficient (Wildman–Crippen LogP) is 3.05. The molecule has 110 valence electrons. The molecule has 0 bridgehead atoms. The summed E-state index contributed by atoms with van der Waals surface area (Å²) >= 11 is 3.26. The minimum Gasteiger partial charge on any atom is -0.339 e. The second-order valence-electron chi connectivity index (χ2n) is 5.17. The van der Waals surface area contributed by atoms with Gasteiger partial charge in [-0.15, -0.1) is 0 Å². The zero-order valence-electron chi connectivity index (χ0n) is 11.7. The maximum Gasteiger partial charge on any atom is 0.255 e. The molecule has 1 saturated heterocycles. The fraction of sp³-hybridized carbons (Fsp3) is 0.533. The molecule has 1 aromatic carbocycles. The van der Waals surface area contributed by atoms with Crippen molar-refractivity contribution in [1.82, 2.24) is 10.2 Å². The number of hydrogen-bond acceptors (Lipinski definition) is 2. The minimum absolute atomic E-state index is 0.0150. The van der Waals surface area contributed by atoms with E-state index in [1.165, 1.54) is 12.1 Å². The highest BCUT2D eigenvalue weighted by Crippen LogP contribution is 2.23. The smallest absolute Gasteiger partial charge is 0.255 e. The molecular weight excluding hydrogens is 323 g/mol. The van der Waals surface area contributed by atoms with Gasteiger partial charge in [0, 0.05) is 17.6 Å². The van der Waals surface area contributed by atoms with Crippen LogP contribution in [0.25, 0.3) is 0 Å². The van der Waals surface area contributed by atoms with E-state index in [4.69, 9.17) is 0 Å². The van der Waals surface area contributed by atoms with Crippen molar-refractivity contribution in [2.45, 2.75) is 19.8 Å². The Bertz CT molecular complexity index is 473. The lowest BCUT2D eigenvalue weighted by Crippen LogP contribution is -2.40. The first-order chi connectivity index (χ1) is 9.61. The van der Waals surface area contributed by atoms with Gasteiger partial charge in [0.1, 0.15) is 5.82 Å². The van der Waals surface area contributed by atoms with Crippen molar-refractivity contribution in [2.24, 2.45) is 5.92 Å². The lowest BCUT2D eigenvalue weighted by Gasteiger charge is -2.32. The monoisotopic (exact) mass is 342 g/mol. The molecule has 0 spiro atoms. The van der Waals surface area contributed by atoms with Crippen molar-refractivity contribution < 1.29 is 9.18 Å². The zero-order valence-corrected chi connectivity index (χ0v) is 13.2. The van der Waals surface area contributed by atoms with Crippen LogP contribution in [0.15, 0.2) is 22.7 Å². The van der Waals surface area contributed by atoms with Crippen LogP contribution in [-0.2, 0) is 0 Å². The Balaban J connectivity index is 1.94. The first kappa shape index (κ1) is 15.4. The SMILES string of the molecule is CCNCC1CCN(C(=O)c2ccc(F)cc2Br)CC1. The molecule has 1 fully saturated rings. The lowest BCUT2D eigenvalue weighted by atomic mass is 9.96. The molecule has 0 aromatic heterocycles. The molecule has 1 aliphatic rings. The summed E-state index contributed by atoms with van der Waals surface area (Å²) in [5.41, 5.74) is 0.538. The summed E-state index contributed by atoms with van der Waals surface area (Å²) < 4.78 is 13.6. The molecule has 1 aliphatic heterocycles. The van der Waals surface area contributed by atoms with Gasteiger partial charge in [-0.2, -0.15) is 0 Å². The maximum absolute atomic E-state index is 13.1. The number of nitrogens with one attached hydrogen (secondary N) is 1. The summed E-state index contributed by atoms with van der Waals surface area (Å²) in [6, 6.07) is 4.22. The third kappa shape index (κ3) is 3.79. The van der Waals surface area contributed by atoms with Crippen molar-refractivity contribution in [1.29, 1.82) is 0 Å². The van der Waals surface area contributed by atoms with Crippen molar-refractivity contribution in [3.05, 3.63) is 34.1 Å². The Morgan fingerprint density at radius 2 is 2.15 bits per heavy atom. The average Bonchev–Trinajstić information content (AvgIpc) is 2.45. The Kier molecular flexibility index (Phi) is 5.54. The van der Waals surface area contributed by atoms with Crippen LogP contribution in [0, 0.1) is 11.7 Å². The molecule has 1 N–H and O–H groups in total. The van der Waals surface area contributed by atoms with Crippen LogP contribution in [0.1, 0.15) is 30.1 Å². The van der Waals surface area contributed by atoms with Crippen LogP contribution in [0.4, 0.5) is 4.39 Å². The highest BCUT2D eigenvalue weighted by atomic mass is 79.9. The van der Waals surface area contributed by atoms with Gasteiger partial charge in [-0.05, 0) is 66.0 Å². The minimum atomic E-state index is -0.335. The summed E-state index contributed by atoms with van der Waals surface area (Å²) in [6.45, 7) is 5.67. The van der Waals surface area contributed by atoms with E-state index in [0.29, 0.717) is 16.0 Å². The number of carbonyl (C=O) groups excluding carboxylic acids is 1. The van der Waals surface area contributed by atoms with Gasteiger partial charge >= 0.3 is 0 Å². The van der Waals surface area contributed by atoms with Gasteiger partial charge in [-0.3, -0.25) is 4.79 Å². The summed E-state index contributed by atoms with van der Waals surface area (Å²) in [5, 5.41) is 3.36. The van der Waals surface area contributed by atoms with Crippen LogP contribution >= 0.6 is 15.9 Å². The Labute approximate surface area is 127 Å². The number of amides is 1. The molecule has 0 atom stereocenters. The topological polar surface area (TPSA) is 32.3 Å². The molecule has 1 aromatic rings. The molecule has 1 amide bonds. The summed E-state index contributed by atoms with van der Waals surface area (Å²) in [6.07, 6.45) is 2.05. The summed E-state index contributed by atoms with van der Waals surface area (Å²) in [4.78, 5) is 14.3. The third-order valence-corrected chi connectivity index (χ3v) is 4.40. The third-order valence-electron chi connectivity index (χ3n) is 3.75. The number of hydrogen-bond donors (Lipinski definition) is 1. The maximum atomic E-state index is 13.1. The van der Waals surface area contributed by atoms with E-state index in [0.717, 1.165) is 39.0 Å². The fourth-order valence-corrected chi connectivity index (χ4v) is 3.04. The van der Waals surface area contributed by atoms with E-state index in [9.17, 15) is 9.18 Å².